The van der Waals surface area contributed by atoms with Gasteiger partial charge >= 0.3 is 0 Å². The molecule has 2 fully saturated rings. The minimum Gasteiger partial charge on any atom is -0.394 e. The Balaban J connectivity index is 1.09. The fraction of sp³-hybridized carbons (Fsp3) is 0.685. The molecule has 1 aromatic heterocycles. The van der Waals surface area contributed by atoms with Gasteiger partial charge in [0.2, 0.25) is 47.3 Å². The van der Waals surface area contributed by atoms with Gasteiger partial charge in [-0.25, -0.2) is 4.98 Å². The number of ether oxygens (including phenoxy) is 2. The van der Waals surface area contributed by atoms with Gasteiger partial charge in [-0.05, 0) is 74.3 Å². The van der Waals surface area contributed by atoms with Crippen molar-refractivity contribution in [3.05, 3.63) is 41.0 Å². The number of aliphatic hydroxyl groups is 2. The van der Waals surface area contributed by atoms with Gasteiger partial charge in [0.25, 0.3) is 0 Å². The standard InChI is InChI=1S/C54H85N9O12S/c1-32(2)24-41(50(70)59-39(29-64)25-38-19-20-55-49(38)69)60-52(72)45(33(3)4)62-48(68)35(6)58-43(66)14-12-10-11-13-21-74-22-23-75-30-44(67)61-47(54(7,8)9)53(73)63-28-40(65)26-42(63)51(71)56-27-36-15-17-37(18-16-36)46-34(5)57-31-76-46/h15-18,31-33,35,38-42,45,47,64-65H,10-14,19-30H2,1-9H3,(H,55,69)(H,56,71)(H,58,66)(H,59,70)(H,60,72)(H,61,67)(H,62,68)/t35-,38-,39-,40+,41-,42-,45-,47+/m0/s1. The lowest BCUT2D eigenvalue weighted by Gasteiger charge is -2.35. The third-order valence-corrected chi connectivity index (χ3v) is 14.4. The topological polar surface area (TPSA) is 296 Å². The number of rotatable bonds is 31. The number of benzene rings is 1. The van der Waals surface area contributed by atoms with Crippen molar-refractivity contribution < 1.29 is 58.0 Å². The van der Waals surface area contributed by atoms with Gasteiger partial charge in [0.05, 0.1) is 48.0 Å². The number of aliphatic hydroxyl groups excluding tert-OH is 2. The van der Waals surface area contributed by atoms with Crippen LogP contribution in [0.5, 0.6) is 0 Å². The van der Waals surface area contributed by atoms with E-state index in [0.29, 0.717) is 32.4 Å². The molecular formula is C54H85N9O12S. The number of aryl methyl sites for hydroxylation is 1. The summed E-state index contributed by atoms with van der Waals surface area (Å²) in [7, 11) is 0. The second-order valence-corrected chi connectivity index (χ2v) is 22.7. The summed E-state index contributed by atoms with van der Waals surface area (Å²) in [5.41, 5.74) is 3.93. The Hall–Kier alpha value is -5.55. The van der Waals surface area contributed by atoms with E-state index in [4.69, 9.17) is 9.47 Å². The van der Waals surface area contributed by atoms with Crippen LogP contribution in [0.3, 0.4) is 0 Å². The lowest BCUT2D eigenvalue weighted by Crippen LogP contribution is -2.58. The first-order chi connectivity index (χ1) is 36.0. The van der Waals surface area contributed by atoms with Crippen LogP contribution in [0, 0.1) is 30.1 Å². The van der Waals surface area contributed by atoms with Crippen LogP contribution in [-0.4, -0.2) is 156 Å². The molecule has 424 valence electrons. The molecule has 0 unspecified atom stereocenters. The van der Waals surface area contributed by atoms with Crippen LogP contribution in [0.2, 0.25) is 0 Å². The molecular weight excluding hydrogens is 999 g/mol. The van der Waals surface area contributed by atoms with Gasteiger partial charge in [-0.1, -0.05) is 85.6 Å². The molecule has 21 nitrogen and oxygen atoms in total. The SMILES string of the molecule is Cc1ncsc1-c1ccc(CNC(=O)[C@@H]2C[C@@H](O)CN2C(=O)[C@@H](NC(=O)COCCOCCCCCCC(=O)N[C@@H](C)C(=O)N[C@H](C(=O)N[C@@H](CC(C)C)C(=O)N[C@H](CO)C[C@@H]2CCNC2=O)C(C)C)C(C)(C)C)cc1. The van der Waals surface area contributed by atoms with Gasteiger partial charge in [-0.3, -0.25) is 38.4 Å². The van der Waals surface area contributed by atoms with Crippen molar-refractivity contribution in [2.45, 2.75) is 169 Å². The zero-order chi connectivity index (χ0) is 56.1. The van der Waals surface area contributed by atoms with Crippen molar-refractivity contribution in [1.29, 1.82) is 0 Å². The van der Waals surface area contributed by atoms with E-state index in [2.05, 4.69) is 42.2 Å². The van der Waals surface area contributed by atoms with Crippen LogP contribution < -0.4 is 37.2 Å². The average Bonchev–Trinajstić information content (AvgIpc) is 4.10. The summed E-state index contributed by atoms with van der Waals surface area (Å²) in [5.74, 6) is -4.07. The molecule has 2 aromatic rings. The van der Waals surface area contributed by atoms with E-state index >= 15 is 0 Å². The lowest BCUT2D eigenvalue weighted by molar-refractivity contribution is -0.144. The van der Waals surface area contributed by atoms with E-state index in [1.807, 2.05) is 65.8 Å². The lowest BCUT2D eigenvalue weighted by atomic mass is 9.85. The molecule has 22 heteroatoms. The molecule has 8 atom stereocenters. The zero-order valence-corrected chi connectivity index (χ0v) is 46.8. The largest absolute Gasteiger partial charge is 0.394 e. The second kappa shape index (κ2) is 31.0. The fourth-order valence-corrected chi connectivity index (χ4v) is 9.87. The Morgan fingerprint density at radius 1 is 0.855 bits per heavy atom. The normalized spacial score (nSPS) is 18.6. The summed E-state index contributed by atoms with van der Waals surface area (Å²) in [6.07, 6.45) is 3.37. The van der Waals surface area contributed by atoms with Crippen LogP contribution in [0.25, 0.3) is 10.4 Å². The molecule has 0 aliphatic carbocycles. The Bertz CT molecular complexity index is 2240. The Morgan fingerprint density at radius 2 is 1.55 bits per heavy atom. The molecule has 0 bridgehead atoms. The van der Waals surface area contributed by atoms with Crippen molar-refractivity contribution in [3.63, 3.8) is 0 Å². The van der Waals surface area contributed by atoms with E-state index in [0.717, 1.165) is 41.0 Å². The fourth-order valence-electron chi connectivity index (χ4n) is 9.06. The molecule has 8 amide bonds. The summed E-state index contributed by atoms with van der Waals surface area (Å²) in [4.78, 5) is 112. The molecule has 0 spiro atoms. The monoisotopic (exact) mass is 1080 g/mol. The van der Waals surface area contributed by atoms with Crippen LogP contribution >= 0.6 is 11.3 Å². The Kier molecular flexibility index (Phi) is 25.7. The van der Waals surface area contributed by atoms with E-state index < -0.39 is 83.2 Å². The molecule has 3 heterocycles. The summed E-state index contributed by atoms with van der Waals surface area (Å²) in [5, 5.41) is 39.9. The number of likely N-dealkylation sites (tertiary alicyclic amines) is 1. The van der Waals surface area contributed by atoms with Crippen molar-refractivity contribution in [2.24, 2.45) is 23.2 Å². The summed E-state index contributed by atoms with van der Waals surface area (Å²) in [6, 6.07) is 2.34. The number of carbonyl (C=O) groups is 8. The third-order valence-electron chi connectivity index (χ3n) is 13.4. The highest BCUT2D eigenvalue weighted by Gasteiger charge is 2.44. The quantitative estimate of drug-likeness (QED) is 0.0491. The molecule has 2 aliphatic rings. The molecule has 4 rings (SSSR count). The Morgan fingerprint density at radius 3 is 2.17 bits per heavy atom. The van der Waals surface area contributed by atoms with Gasteiger partial charge in [0.15, 0.2) is 0 Å². The molecule has 76 heavy (non-hydrogen) atoms. The van der Waals surface area contributed by atoms with Crippen LogP contribution in [0.15, 0.2) is 29.8 Å². The number of hydrogen-bond donors (Lipinski definition) is 9. The minimum absolute atomic E-state index is 0.0226. The van der Waals surface area contributed by atoms with E-state index in [1.54, 1.807) is 30.7 Å². The number of thiazole rings is 1. The molecule has 0 radical (unpaired) electrons. The summed E-state index contributed by atoms with van der Waals surface area (Å²) in [6.45, 7) is 17.1. The highest BCUT2D eigenvalue weighted by molar-refractivity contribution is 7.13. The zero-order valence-electron chi connectivity index (χ0n) is 46.0. The predicted octanol–water partition coefficient (Wildman–Crippen LogP) is 2.39. The highest BCUT2D eigenvalue weighted by Crippen LogP contribution is 2.29. The smallest absolute Gasteiger partial charge is 0.246 e. The van der Waals surface area contributed by atoms with Gasteiger partial charge in [0, 0.05) is 45.0 Å². The van der Waals surface area contributed by atoms with E-state index in [9.17, 15) is 48.6 Å². The van der Waals surface area contributed by atoms with Crippen molar-refractivity contribution in [1.82, 2.24) is 47.1 Å². The van der Waals surface area contributed by atoms with Gasteiger partial charge in [-0.2, -0.15) is 0 Å². The summed E-state index contributed by atoms with van der Waals surface area (Å²) >= 11 is 1.56. The van der Waals surface area contributed by atoms with Crippen LogP contribution in [-0.2, 0) is 54.4 Å². The number of amides is 8. The maximum Gasteiger partial charge on any atom is 0.246 e. The van der Waals surface area contributed by atoms with Crippen molar-refractivity contribution >= 4 is 58.6 Å². The van der Waals surface area contributed by atoms with Crippen molar-refractivity contribution in [3.8, 4) is 10.4 Å². The Labute approximate surface area is 451 Å². The second-order valence-electron chi connectivity index (χ2n) is 21.9. The first-order valence-electron chi connectivity index (χ1n) is 26.8. The number of hydrogen-bond acceptors (Lipinski definition) is 14. The number of unbranched alkanes of at least 4 members (excludes halogenated alkanes) is 3. The van der Waals surface area contributed by atoms with Gasteiger partial charge in [-0.15, -0.1) is 11.3 Å². The number of β-amino-alcohol motifs (C(OH)–C–C–N with tert-alkyl or cyclic N) is 1. The summed E-state index contributed by atoms with van der Waals surface area (Å²) < 4.78 is 11.2. The predicted molar refractivity (Wildman–Crippen MR) is 287 cm³/mol. The number of nitrogens with one attached hydrogen (secondary N) is 7. The first kappa shape index (κ1) is 63.0. The van der Waals surface area contributed by atoms with Crippen LogP contribution in [0.1, 0.15) is 124 Å². The van der Waals surface area contributed by atoms with E-state index in [-0.39, 0.29) is 88.3 Å². The third kappa shape index (κ3) is 20.4. The molecule has 2 aliphatic heterocycles. The maximum absolute atomic E-state index is 14.0. The number of carbonyl (C=O) groups excluding carboxylic acids is 8. The van der Waals surface area contributed by atoms with E-state index in [1.165, 1.54) is 11.8 Å². The number of nitrogens with zero attached hydrogens (tertiary/aromatic N) is 2. The minimum atomic E-state index is -1.00. The molecule has 2 saturated heterocycles. The number of aromatic nitrogens is 1. The molecule has 0 saturated carbocycles. The highest BCUT2D eigenvalue weighted by atomic mass is 32.1. The maximum atomic E-state index is 14.0. The van der Waals surface area contributed by atoms with Gasteiger partial charge in [0.1, 0.15) is 36.8 Å². The first-order valence-corrected chi connectivity index (χ1v) is 27.7. The van der Waals surface area contributed by atoms with Crippen LogP contribution in [0.4, 0.5) is 0 Å². The molecule has 1 aromatic carbocycles. The van der Waals surface area contributed by atoms with Crippen molar-refractivity contribution in [2.75, 3.05) is 46.1 Å². The van der Waals surface area contributed by atoms with Gasteiger partial charge < -0.3 is 61.8 Å². The molecule has 9 N–H and O–H groups in total. The average molecular weight is 1080 g/mol.